The molecule has 0 fully saturated rings. The molecule has 3 aromatic carbocycles. The van der Waals surface area contributed by atoms with Gasteiger partial charge in [-0.05, 0) is 29.0 Å². The van der Waals surface area contributed by atoms with E-state index in [1.165, 1.54) is 42.9 Å². The predicted molar refractivity (Wildman–Crippen MR) is 120 cm³/mol. The van der Waals surface area contributed by atoms with Crippen LogP contribution >= 0.6 is 0 Å². The molecule has 0 N–H and O–H groups in total. The third-order valence-corrected chi connectivity index (χ3v) is 5.98. The Morgan fingerprint density at radius 3 is 2.33 bits per heavy atom. The third kappa shape index (κ3) is 2.97. The number of hydrogen-bond donors (Lipinski definition) is 0. The van der Waals surface area contributed by atoms with Crippen molar-refractivity contribution in [2.75, 3.05) is 0 Å². The number of nitro groups is 1. The molecule has 9 nitrogen and oxygen atoms in total. The fraction of sp³-hybridized carbons (Fsp3) is 0.125. The Morgan fingerprint density at radius 2 is 1.64 bits per heavy atom. The molecule has 0 spiro atoms. The summed E-state index contributed by atoms with van der Waals surface area (Å²) in [5.74, 6) is -1.12. The molecule has 0 radical (unpaired) electrons. The summed E-state index contributed by atoms with van der Waals surface area (Å²) < 4.78 is 8.15. The van der Waals surface area contributed by atoms with Crippen LogP contribution in [0.15, 0.2) is 70.3 Å². The smallest absolute Gasteiger partial charge is 0.333 e. The summed E-state index contributed by atoms with van der Waals surface area (Å²) in [6, 6.07) is 16.2. The highest BCUT2D eigenvalue weighted by atomic mass is 16.6. The average molecular weight is 443 g/mol. The summed E-state index contributed by atoms with van der Waals surface area (Å²) in [5, 5.41) is 12.6. The van der Waals surface area contributed by atoms with E-state index >= 15 is 0 Å². The summed E-state index contributed by atoms with van der Waals surface area (Å²) in [4.78, 5) is 50.1. The average Bonchev–Trinajstić information content (AvgIpc) is 2.84. The third-order valence-electron chi connectivity index (χ3n) is 5.98. The molecule has 164 valence electrons. The molecular formula is C24H17N3O6. The summed E-state index contributed by atoms with van der Waals surface area (Å²) >= 11 is 0. The van der Waals surface area contributed by atoms with E-state index in [1.807, 2.05) is 30.3 Å². The predicted octanol–water partition coefficient (Wildman–Crippen LogP) is 3.27. The quantitative estimate of drug-likeness (QED) is 0.273. The zero-order valence-corrected chi connectivity index (χ0v) is 17.6. The van der Waals surface area contributed by atoms with Crippen LogP contribution in [0.3, 0.4) is 0 Å². The van der Waals surface area contributed by atoms with Gasteiger partial charge < -0.3 is 4.74 Å². The first kappa shape index (κ1) is 20.4. The molecule has 0 saturated heterocycles. The van der Waals surface area contributed by atoms with E-state index in [-0.39, 0.29) is 22.7 Å². The normalized spacial score (nSPS) is 14.3. The van der Waals surface area contributed by atoms with Crippen molar-refractivity contribution < 1.29 is 14.5 Å². The van der Waals surface area contributed by atoms with Crippen LogP contribution in [0, 0.1) is 10.1 Å². The Balaban J connectivity index is 1.84. The molecule has 1 aromatic heterocycles. The van der Waals surface area contributed by atoms with Gasteiger partial charge in [-0.15, -0.1) is 0 Å². The Kier molecular flexibility index (Phi) is 4.49. The topological polar surface area (TPSA) is 113 Å². The van der Waals surface area contributed by atoms with Crippen LogP contribution in [0.1, 0.15) is 27.4 Å². The maximum Gasteiger partial charge on any atom is 0.333 e. The molecule has 2 heterocycles. The van der Waals surface area contributed by atoms with Gasteiger partial charge in [-0.3, -0.25) is 28.8 Å². The van der Waals surface area contributed by atoms with Crippen LogP contribution in [0.2, 0.25) is 0 Å². The Labute approximate surface area is 186 Å². The fourth-order valence-corrected chi connectivity index (χ4v) is 4.31. The highest BCUT2D eigenvalue weighted by Gasteiger charge is 2.39. The number of nitrogens with zero attached hydrogens (tertiary/aromatic N) is 3. The number of aromatic nitrogens is 2. The zero-order valence-electron chi connectivity index (χ0n) is 17.6. The fourth-order valence-electron chi connectivity index (χ4n) is 4.31. The Hall–Kier alpha value is -4.53. The second-order valence-electron chi connectivity index (χ2n) is 7.83. The molecule has 1 unspecified atom stereocenters. The van der Waals surface area contributed by atoms with Crippen LogP contribution in [-0.2, 0) is 14.1 Å². The van der Waals surface area contributed by atoms with E-state index in [0.29, 0.717) is 11.3 Å². The highest BCUT2D eigenvalue weighted by Crippen LogP contribution is 2.46. The van der Waals surface area contributed by atoms with E-state index < -0.39 is 27.9 Å². The molecule has 1 aliphatic heterocycles. The standard InChI is InChI=1S/C24H17N3O6/c1-25-22(29)20-19(21(28)14-7-10-15(11-8-14)27(31)32)18-16-6-4-3-5-13(16)9-12-17(18)33-23(20)26(2)24(25)30/h3-12,19H,1-2H3. The second kappa shape index (κ2) is 7.27. The first-order valence-corrected chi connectivity index (χ1v) is 10.1. The number of hydrogen-bond acceptors (Lipinski definition) is 6. The molecule has 0 saturated carbocycles. The van der Waals surface area contributed by atoms with E-state index in [2.05, 4.69) is 0 Å². The maximum atomic E-state index is 13.8. The minimum atomic E-state index is -1.07. The lowest BCUT2D eigenvalue weighted by molar-refractivity contribution is -0.384. The molecule has 5 rings (SSSR count). The summed E-state index contributed by atoms with van der Waals surface area (Å²) in [5.41, 5.74) is -0.598. The number of nitro benzene ring substituents is 1. The van der Waals surface area contributed by atoms with Crippen molar-refractivity contribution in [2.45, 2.75) is 5.92 Å². The minimum absolute atomic E-state index is 0.00569. The van der Waals surface area contributed by atoms with Gasteiger partial charge >= 0.3 is 5.69 Å². The molecule has 4 aromatic rings. The molecule has 0 aliphatic carbocycles. The number of carbonyl (C=O) groups excluding carboxylic acids is 1. The van der Waals surface area contributed by atoms with Gasteiger partial charge in [0.2, 0.25) is 5.88 Å². The molecule has 0 amide bonds. The number of ether oxygens (including phenoxy) is 1. The summed E-state index contributed by atoms with van der Waals surface area (Å²) in [6.45, 7) is 0. The van der Waals surface area contributed by atoms with E-state index in [4.69, 9.17) is 4.74 Å². The number of non-ortho nitro benzene ring substituents is 1. The largest absolute Gasteiger partial charge is 0.440 e. The van der Waals surface area contributed by atoms with Crippen LogP contribution in [0.25, 0.3) is 10.8 Å². The van der Waals surface area contributed by atoms with E-state index in [0.717, 1.165) is 15.3 Å². The van der Waals surface area contributed by atoms with E-state index in [9.17, 15) is 24.5 Å². The van der Waals surface area contributed by atoms with Crippen LogP contribution < -0.4 is 16.0 Å². The molecule has 0 bridgehead atoms. The van der Waals surface area contributed by atoms with Crippen molar-refractivity contribution in [1.29, 1.82) is 0 Å². The number of fused-ring (bicyclic) bond motifs is 4. The van der Waals surface area contributed by atoms with Crippen LogP contribution in [0.4, 0.5) is 5.69 Å². The summed E-state index contributed by atoms with van der Waals surface area (Å²) in [6.07, 6.45) is 0. The molecular weight excluding hydrogens is 426 g/mol. The zero-order chi connectivity index (χ0) is 23.4. The van der Waals surface area contributed by atoms with Crippen molar-refractivity contribution in [3.63, 3.8) is 0 Å². The summed E-state index contributed by atoms with van der Waals surface area (Å²) in [7, 11) is 2.82. The van der Waals surface area contributed by atoms with Gasteiger partial charge in [0.1, 0.15) is 5.75 Å². The van der Waals surface area contributed by atoms with Gasteiger partial charge in [0.05, 0.1) is 16.4 Å². The molecule has 1 atom stereocenters. The van der Waals surface area contributed by atoms with Gasteiger partial charge in [-0.1, -0.05) is 30.3 Å². The van der Waals surface area contributed by atoms with Crippen molar-refractivity contribution in [1.82, 2.24) is 9.13 Å². The highest BCUT2D eigenvalue weighted by molar-refractivity contribution is 6.07. The second-order valence-corrected chi connectivity index (χ2v) is 7.83. The number of rotatable bonds is 3. The van der Waals surface area contributed by atoms with Gasteiger partial charge in [0.15, 0.2) is 5.78 Å². The molecule has 1 aliphatic rings. The molecule has 33 heavy (non-hydrogen) atoms. The lowest BCUT2D eigenvalue weighted by atomic mass is 9.81. The van der Waals surface area contributed by atoms with Gasteiger partial charge in [-0.25, -0.2) is 4.79 Å². The van der Waals surface area contributed by atoms with Crippen molar-refractivity contribution in [3.8, 4) is 11.6 Å². The Morgan fingerprint density at radius 1 is 0.939 bits per heavy atom. The minimum Gasteiger partial charge on any atom is -0.440 e. The SMILES string of the molecule is Cn1c2c(c(=O)n(C)c1=O)C(C(=O)c1ccc([N+](=O)[O-])cc1)c1c(ccc3ccccc13)O2. The van der Waals surface area contributed by atoms with Gasteiger partial charge in [0.25, 0.3) is 11.2 Å². The van der Waals surface area contributed by atoms with Crippen molar-refractivity contribution in [3.05, 3.63) is 108 Å². The maximum absolute atomic E-state index is 13.8. The number of Topliss-reactive ketones (excluding diaryl/α,β-unsaturated/α-hetero) is 1. The van der Waals surface area contributed by atoms with Crippen LogP contribution in [0.5, 0.6) is 11.6 Å². The Bertz CT molecular complexity index is 1600. The monoisotopic (exact) mass is 443 g/mol. The number of ketones is 1. The first-order valence-electron chi connectivity index (χ1n) is 10.1. The van der Waals surface area contributed by atoms with Crippen molar-refractivity contribution in [2.24, 2.45) is 14.1 Å². The lowest BCUT2D eigenvalue weighted by Gasteiger charge is -2.29. The van der Waals surface area contributed by atoms with E-state index in [1.54, 1.807) is 6.07 Å². The lowest BCUT2D eigenvalue weighted by Crippen LogP contribution is -2.42. The van der Waals surface area contributed by atoms with Crippen molar-refractivity contribution >= 4 is 22.2 Å². The van der Waals surface area contributed by atoms with Gasteiger partial charge in [-0.2, -0.15) is 0 Å². The van der Waals surface area contributed by atoms with Crippen LogP contribution in [-0.4, -0.2) is 19.8 Å². The first-order chi connectivity index (χ1) is 15.8. The number of benzene rings is 3. The molecule has 9 heteroatoms. The van der Waals surface area contributed by atoms with Gasteiger partial charge in [0, 0.05) is 37.4 Å². The number of carbonyl (C=O) groups is 1.